The molecule has 4 rings (SSSR count). The Kier molecular flexibility index (Phi) is 5.01. The summed E-state index contributed by atoms with van der Waals surface area (Å²) in [7, 11) is -2.29. The predicted octanol–water partition coefficient (Wildman–Crippen LogP) is 4.83. The minimum absolute atomic E-state index is 0.119. The molecule has 0 spiro atoms. The standard InChI is InChI=1S/C21H10F6NP/c22-12-7-16(26)19(9-14(12)24)29(20-10-15(25)13(23)8-17(20)27)21-6-5-11-3-1-2-4-18(11)28-21/h1-10H. The van der Waals surface area contributed by atoms with Gasteiger partial charge in [-0.15, -0.1) is 0 Å². The average molecular weight is 421 g/mol. The van der Waals surface area contributed by atoms with Gasteiger partial charge in [-0.1, -0.05) is 24.3 Å². The molecule has 0 atom stereocenters. The molecule has 0 saturated heterocycles. The van der Waals surface area contributed by atoms with E-state index >= 15 is 0 Å². The quantitative estimate of drug-likeness (QED) is 0.263. The number of halogens is 6. The van der Waals surface area contributed by atoms with Crippen molar-refractivity contribution in [3.05, 3.63) is 95.6 Å². The highest BCUT2D eigenvalue weighted by atomic mass is 31.1. The van der Waals surface area contributed by atoms with E-state index in [0.717, 1.165) is 5.39 Å². The van der Waals surface area contributed by atoms with Gasteiger partial charge in [0, 0.05) is 36.0 Å². The van der Waals surface area contributed by atoms with Crippen molar-refractivity contribution < 1.29 is 26.3 Å². The molecule has 0 bridgehead atoms. The fourth-order valence-electron chi connectivity index (χ4n) is 2.92. The molecule has 0 aliphatic carbocycles. The molecule has 146 valence electrons. The van der Waals surface area contributed by atoms with Crippen LogP contribution in [0.4, 0.5) is 26.3 Å². The van der Waals surface area contributed by atoms with Gasteiger partial charge in [-0.2, -0.15) is 0 Å². The SMILES string of the molecule is Fc1cc(F)c(P(c2ccc3ccccc3n2)c2cc(F)c(F)cc2F)cc1F. The number of fused-ring (bicyclic) bond motifs is 1. The number of aromatic nitrogens is 1. The highest BCUT2D eigenvalue weighted by Crippen LogP contribution is 2.36. The van der Waals surface area contributed by atoms with Crippen molar-refractivity contribution in [2.45, 2.75) is 0 Å². The first kappa shape index (κ1) is 19.4. The van der Waals surface area contributed by atoms with E-state index in [2.05, 4.69) is 4.98 Å². The molecule has 29 heavy (non-hydrogen) atoms. The smallest absolute Gasteiger partial charge is 0.161 e. The Morgan fingerprint density at radius 2 is 1.07 bits per heavy atom. The van der Waals surface area contributed by atoms with E-state index < -0.39 is 53.4 Å². The second-order valence-corrected chi connectivity index (χ2v) is 8.23. The monoisotopic (exact) mass is 421 g/mol. The Balaban J connectivity index is 2.01. The van der Waals surface area contributed by atoms with Crippen LogP contribution in [0, 0.1) is 34.9 Å². The Bertz CT molecular complexity index is 1190. The summed E-state index contributed by atoms with van der Waals surface area (Å²) in [6, 6.07) is 11.9. The molecule has 0 aliphatic heterocycles. The normalized spacial score (nSPS) is 11.4. The van der Waals surface area contributed by atoms with Gasteiger partial charge in [-0.05, 0) is 24.3 Å². The Hall–Kier alpha value is -2.92. The molecule has 0 fully saturated rings. The minimum Gasteiger partial charge on any atom is -0.247 e. The third kappa shape index (κ3) is 3.58. The molecule has 4 aromatic rings. The molecule has 8 heteroatoms. The summed E-state index contributed by atoms with van der Waals surface area (Å²) in [5.74, 6) is -7.82. The number of hydrogen-bond donors (Lipinski definition) is 0. The molecule has 1 heterocycles. The van der Waals surface area contributed by atoms with Gasteiger partial charge in [-0.3, -0.25) is 0 Å². The van der Waals surface area contributed by atoms with Gasteiger partial charge in [0.1, 0.15) is 11.6 Å². The first-order chi connectivity index (χ1) is 13.8. The van der Waals surface area contributed by atoms with Crippen LogP contribution in [-0.4, -0.2) is 4.98 Å². The van der Waals surface area contributed by atoms with Gasteiger partial charge in [0.2, 0.25) is 0 Å². The third-order valence-electron chi connectivity index (χ3n) is 4.27. The molecule has 0 radical (unpaired) electrons. The van der Waals surface area contributed by atoms with Crippen LogP contribution in [0.25, 0.3) is 10.9 Å². The van der Waals surface area contributed by atoms with Crippen LogP contribution in [0.5, 0.6) is 0 Å². The summed E-state index contributed by atoms with van der Waals surface area (Å²) < 4.78 is 83.7. The lowest BCUT2D eigenvalue weighted by Gasteiger charge is -2.20. The van der Waals surface area contributed by atoms with E-state index in [4.69, 9.17) is 0 Å². The topological polar surface area (TPSA) is 12.9 Å². The highest BCUT2D eigenvalue weighted by molar-refractivity contribution is 7.79. The van der Waals surface area contributed by atoms with Gasteiger partial charge < -0.3 is 0 Å². The number of rotatable bonds is 3. The Morgan fingerprint density at radius 1 is 0.552 bits per heavy atom. The minimum atomic E-state index is -2.29. The van der Waals surface area contributed by atoms with Crippen molar-refractivity contribution in [1.29, 1.82) is 0 Å². The van der Waals surface area contributed by atoms with E-state index in [0.29, 0.717) is 29.8 Å². The van der Waals surface area contributed by atoms with Crippen molar-refractivity contribution >= 4 is 34.9 Å². The molecule has 1 nitrogen and oxygen atoms in total. The Labute approximate surface area is 162 Å². The van der Waals surface area contributed by atoms with E-state index in [-0.39, 0.29) is 5.44 Å². The highest BCUT2D eigenvalue weighted by Gasteiger charge is 2.27. The van der Waals surface area contributed by atoms with Gasteiger partial charge in [0.15, 0.2) is 23.3 Å². The molecular formula is C21H10F6NP. The first-order valence-electron chi connectivity index (χ1n) is 8.30. The van der Waals surface area contributed by atoms with Gasteiger partial charge >= 0.3 is 0 Å². The number of pyridine rings is 1. The van der Waals surface area contributed by atoms with Gasteiger partial charge in [-0.25, -0.2) is 31.3 Å². The van der Waals surface area contributed by atoms with Crippen LogP contribution < -0.4 is 16.0 Å². The molecule has 0 amide bonds. The zero-order valence-corrected chi connectivity index (χ0v) is 15.3. The average Bonchev–Trinajstić information content (AvgIpc) is 2.69. The summed E-state index contributed by atoms with van der Waals surface area (Å²) in [4.78, 5) is 4.38. The lowest BCUT2D eigenvalue weighted by molar-refractivity contribution is 0.497. The van der Waals surface area contributed by atoms with E-state index in [1.165, 1.54) is 6.07 Å². The molecule has 0 aliphatic rings. The van der Waals surface area contributed by atoms with Crippen molar-refractivity contribution in [3.63, 3.8) is 0 Å². The van der Waals surface area contributed by atoms with Crippen molar-refractivity contribution in [2.24, 2.45) is 0 Å². The maximum absolute atomic E-state index is 14.6. The molecule has 3 aromatic carbocycles. The van der Waals surface area contributed by atoms with Gasteiger partial charge in [0.05, 0.1) is 11.0 Å². The van der Waals surface area contributed by atoms with E-state index in [9.17, 15) is 26.3 Å². The number of hydrogen-bond acceptors (Lipinski definition) is 1. The van der Waals surface area contributed by atoms with Crippen LogP contribution in [0.3, 0.4) is 0 Å². The lowest BCUT2D eigenvalue weighted by Crippen LogP contribution is -2.28. The summed E-state index contributed by atoms with van der Waals surface area (Å²) in [5.41, 5.74) is 0.608. The molecule has 0 unspecified atom stereocenters. The fourth-order valence-corrected chi connectivity index (χ4v) is 5.15. The van der Waals surface area contributed by atoms with Crippen LogP contribution in [0.2, 0.25) is 0 Å². The van der Waals surface area contributed by atoms with E-state index in [1.54, 1.807) is 30.3 Å². The number of para-hydroxylation sites is 1. The number of benzene rings is 3. The van der Waals surface area contributed by atoms with Gasteiger partial charge in [0.25, 0.3) is 0 Å². The van der Waals surface area contributed by atoms with E-state index in [1.807, 2.05) is 0 Å². The maximum Gasteiger partial charge on any atom is 0.161 e. The van der Waals surface area contributed by atoms with Crippen LogP contribution in [0.15, 0.2) is 60.7 Å². The molecule has 1 aromatic heterocycles. The van der Waals surface area contributed by atoms with Crippen LogP contribution in [-0.2, 0) is 0 Å². The fraction of sp³-hybridized carbons (Fsp3) is 0. The largest absolute Gasteiger partial charge is 0.247 e. The van der Waals surface area contributed by atoms with Crippen LogP contribution in [0.1, 0.15) is 0 Å². The molecule has 0 N–H and O–H groups in total. The zero-order valence-electron chi connectivity index (χ0n) is 14.4. The molecular weight excluding hydrogens is 411 g/mol. The first-order valence-corrected chi connectivity index (χ1v) is 9.64. The summed E-state index contributed by atoms with van der Waals surface area (Å²) in [6.07, 6.45) is 0. The van der Waals surface area contributed by atoms with Crippen molar-refractivity contribution in [3.8, 4) is 0 Å². The summed E-state index contributed by atoms with van der Waals surface area (Å²) in [5, 5.41) is -0.0547. The predicted molar refractivity (Wildman–Crippen MR) is 100 cm³/mol. The van der Waals surface area contributed by atoms with Crippen molar-refractivity contribution in [1.82, 2.24) is 4.98 Å². The second-order valence-electron chi connectivity index (χ2n) is 6.13. The maximum atomic E-state index is 14.6. The Morgan fingerprint density at radius 3 is 1.66 bits per heavy atom. The molecule has 0 saturated carbocycles. The lowest BCUT2D eigenvalue weighted by atomic mass is 10.2. The van der Waals surface area contributed by atoms with Crippen molar-refractivity contribution in [2.75, 3.05) is 0 Å². The van der Waals surface area contributed by atoms with Crippen LogP contribution >= 0.6 is 7.92 Å². The zero-order chi connectivity index (χ0) is 20.7. The summed E-state index contributed by atoms with van der Waals surface area (Å²) >= 11 is 0. The summed E-state index contributed by atoms with van der Waals surface area (Å²) in [6.45, 7) is 0. The second kappa shape index (κ2) is 7.48. The number of nitrogens with zero attached hydrogens (tertiary/aromatic N) is 1. The third-order valence-corrected chi connectivity index (χ3v) is 6.63.